The average molecular weight is 424 g/mol. The van der Waals surface area contributed by atoms with Crippen LogP contribution < -0.4 is 10.1 Å². The van der Waals surface area contributed by atoms with Crippen LogP contribution in [0.25, 0.3) is 0 Å². The molecular weight excluding hydrogens is 390 g/mol. The molecule has 6 nitrogen and oxygen atoms in total. The van der Waals surface area contributed by atoms with E-state index in [9.17, 15) is 10.1 Å². The zero-order valence-electron chi connectivity index (χ0n) is 18.2. The smallest absolute Gasteiger partial charge is 0.260 e. The highest BCUT2D eigenvalue weighted by Gasteiger charge is 2.44. The van der Waals surface area contributed by atoms with Crippen molar-refractivity contribution in [2.24, 2.45) is 5.41 Å². The summed E-state index contributed by atoms with van der Waals surface area (Å²) in [4.78, 5) is 15.2. The topological polar surface area (TPSA) is 74.6 Å². The van der Waals surface area contributed by atoms with Crippen LogP contribution >= 0.6 is 0 Å². The zero-order valence-corrected chi connectivity index (χ0v) is 18.2. The van der Waals surface area contributed by atoms with Crippen LogP contribution in [0.1, 0.15) is 62.8 Å². The van der Waals surface area contributed by atoms with Gasteiger partial charge in [-0.15, -0.1) is 0 Å². The molecule has 3 aliphatic heterocycles. The summed E-state index contributed by atoms with van der Waals surface area (Å²) in [5.74, 6) is 1.36. The summed E-state index contributed by atoms with van der Waals surface area (Å²) in [5.41, 5.74) is 1.04. The van der Waals surface area contributed by atoms with E-state index < -0.39 is 0 Å². The van der Waals surface area contributed by atoms with Gasteiger partial charge in [0.1, 0.15) is 5.75 Å². The summed E-state index contributed by atoms with van der Waals surface area (Å²) >= 11 is 0. The molecule has 5 aliphatic rings. The summed E-state index contributed by atoms with van der Waals surface area (Å²) in [6.45, 7) is 2.08. The predicted molar refractivity (Wildman–Crippen MR) is 117 cm³/mol. The van der Waals surface area contributed by atoms with Gasteiger partial charge >= 0.3 is 0 Å². The quantitative estimate of drug-likeness (QED) is 0.807. The Kier molecular flexibility index (Phi) is 5.90. The Bertz CT molecular complexity index is 839. The largest absolute Gasteiger partial charge is 0.483 e. The first-order valence-electron chi connectivity index (χ1n) is 11.9. The predicted octanol–water partition coefficient (Wildman–Crippen LogP) is 3.37. The number of ether oxygens (including phenoxy) is 2. The Morgan fingerprint density at radius 1 is 1.16 bits per heavy atom. The van der Waals surface area contributed by atoms with Gasteiger partial charge in [0.05, 0.1) is 30.2 Å². The van der Waals surface area contributed by atoms with Crippen molar-refractivity contribution < 1.29 is 14.3 Å². The van der Waals surface area contributed by atoms with Crippen LogP contribution in [0.2, 0.25) is 0 Å². The minimum absolute atomic E-state index is 0.00642. The maximum Gasteiger partial charge on any atom is 0.260 e. The number of rotatable bonds is 3. The maximum atomic E-state index is 13.2. The van der Waals surface area contributed by atoms with Crippen LogP contribution in [0, 0.1) is 16.7 Å². The van der Waals surface area contributed by atoms with Crippen molar-refractivity contribution in [3.8, 4) is 11.8 Å². The number of fused-ring (bicyclic) bond motifs is 5. The first-order valence-corrected chi connectivity index (χ1v) is 11.9. The van der Waals surface area contributed by atoms with E-state index in [2.05, 4.69) is 23.5 Å². The number of piperidine rings is 1. The third-order valence-corrected chi connectivity index (χ3v) is 7.78. The van der Waals surface area contributed by atoms with Gasteiger partial charge in [-0.05, 0) is 68.9 Å². The normalized spacial score (nSPS) is 32.4. The number of nitrogens with zero attached hydrogens (tertiary/aromatic N) is 2. The van der Waals surface area contributed by atoms with Gasteiger partial charge in [-0.3, -0.25) is 4.79 Å². The van der Waals surface area contributed by atoms with E-state index in [1.807, 2.05) is 17.0 Å². The fourth-order valence-corrected chi connectivity index (χ4v) is 5.56. The molecule has 3 heterocycles. The number of amides is 1. The highest BCUT2D eigenvalue weighted by atomic mass is 16.5. The average Bonchev–Trinajstić information content (AvgIpc) is 3.60. The summed E-state index contributed by atoms with van der Waals surface area (Å²) < 4.78 is 12.5. The Labute approximate surface area is 184 Å². The number of nitriles is 1. The highest BCUT2D eigenvalue weighted by molar-refractivity contribution is 5.78. The molecule has 1 aromatic rings. The molecule has 0 radical (unpaired) electrons. The second-order valence-electron chi connectivity index (χ2n) is 9.81. The van der Waals surface area contributed by atoms with Gasteiger partial charge in [0, 0.05) is 19.1 Å². The Morgan fingerprint density at radius 2 is 1.97 bits per heavy atom. The molecule has 3 fully saturated rings. The van der Waals surface area contributed by atoms with Crippen molar-refractivity contribution in [3.63, 3.8) is 0 Å². The number of carbonyl (C=O) groups excluding carboxylic acids is 1. The Morgan fingerprint density at radius 3 is 2.74 bits per heavy atom. The molecule has 2 saturated carbocycles. The van der Waals surface area contributed by atoms with E-state index in [0.29, 0.717) is 19.1 Å². The van der Waals surface area contributed by atoms with Crippen molar-refractivity contribution in [1.82, 2.24) is 10.2 Å². The van der Waals surface area contributed by atoms with E-state index in [1.165, 1.54) is 5.56 Å². The minimum atomic E-state index is -0.193. The number of benzene rings is 1. The zero-order chi connectivity index (χ0) is 21.3. The molecule has 6 rings (SSSR count). The van der Waals surface area contributed by atoms with Crippen LogP contribution in [-0.2, 0) is 9.53 Å². The minimum Gasteiger partial charge on any atom is -0.483 e. The lowest BCUT2D eigenvalue weighted by atomic mass is 9.82. The molecule has 2 atom stereocenters. The first-order chi connectivity index (χ1) is 15.2. The Hall–Kier alpha value is -2.10. The second kappa shape index (κ2) is 8.80. The molecule has 0 aromatic heterocycles. The summed E-state index contributed by atoms with van der Waals surface area (Å²) in [5, 5.41) is 13.1. The number of para-hydroxylation sites is 1. The van der Waals surface area contributed by atoms with Crippen LogP contribution in [0.4, 0.5) is 0 Å². The molecule has 166 valence electrons. The molecule has 6 heteroatoms. The lowest BCUT2D eigenvalue weighted by molar-refractivity contribution is -0.140. The monoisotopic (exact) mass is 423 g/mol. The summed E-state index contributed by atoms with van der Waals surface area (Å²) in [6, 6.07) is 10.8. The number of hydrogen-bond acceptors (Lipinski definition) is 5. The molecule has 2 bridgehead atoms. The van der Waals surface area contributed by atoms with Crippen molar-refractivity contribution in [2.45, 2.75) is 75.5 Å². The molecule has 1 saturated heterocycles. The molecule has 1 aromatic carbocycles. The first kappa shape index (κ1) is 20.8. The van der Waals surface area contributed by atoms with Gasteiger partial charge < -0.3 is 19.7 Å². The molecular formula is C25H33N3O3. The summed E-state index contributed by atoms with van der Waals surface area (Å²) in [6.07, 6.45) is 8.48. The number of hydrogen-bond donors (Lipinski definition) is 1. The van der Waals surface area contributed by atoms with Gasteiger partial charge in [0.2, 0.25) is 0 Å². The van der Waals surface area contributed by atoms with E-state index in [4.69, 9.17) is 9.47 Å². The number of nitrogens with one attached hydrogen (secondary N) is 1. The van der Waals surface area contributed by atoms with E-state index in [-0.39, 0.29) is 36.1 Å². The van der Waals surface area contributed by atoms with E-state index >= 15 is 0 Å². The van der Waals surface area contributed by atoms with Gasteiger partial charge in [-0.1, -0.05) is 18.2 Å². The van der Waals surface area contributed by atoms with Crippen molar-refractivity contribution >= 4 is 5.91 Å². The maximum absolute atomic E-state index is 13.2. The van der Waals surface area contributed by atoms with Crippen molar-refractivity contribution in [1.29, 1.82) is 5.26 Å². The van der Waals surface area contributed by atoms with Gasteiger partial charge in [-0.2, -0.15) is 5.26 Å². The second-order valence-corrected chi connectivity index (χ2v) is 9.81. The molecule has 1 N–H and O–H groups in total. The van der Waals surface area contributed by atoms with Crippen LogP contribution in [-0.4, -0.2) is 55.3 Å². The molecule has 0 spiro atoms. The van der Waals surface area contributed by atoms with Crippen LogP contribution in [0.3, 0.4) is 0 Å². The molecule has 31 heavy (non-hydrogen) atoms. The van der Waals surface area contributed by atoms with Gasteiger partial charge in [0.25, 0.3) is 5.91 Å². The van der Waals surface area contributed by atoms with Gasteiger partial charge in [-0.25, -0.2) is 0 Å². The SMILES string of the molecule is N#CC1(CN[C@H]2CCCN3C(=O)COc4ccccc4C4CCC(CC4)OCC23)CC1. The lowest BCUT2D eigenvalue weighted by Crippen LogP contribution is -2.59. The Balaban J connectivity index is 1.36. The van der Waals surface area contributed by atoms with Crippen molar-refractivity contribution in [3.05, 3.63) is 29.8 Å². The van der Waals surface area contributed by atoms with E-state index in [0.717, 1.165) is 63.7 Å². The molecule has 1 amide bonds. The van der Waals surface area contributed by atoms with Crippen LogP contribution in [0.15, 0.2) is 24.3 Å². The molecule has 2 aliphatic carbocycles. The fraction of sp³-hybridized carbons (Fsp3) is 0.680. The fourth-order valence-electron chi connectivity index (χ4n) is 5.56. The van der Waals surface area contributed by atoms with Gasteiger partial charge in [0.15, 0.2) is 6.61 Å². The molecule has 1 unspecified atom stereocenters. The standard InChI is InChI=1S/C25H33N3O3/c26-16-25(11-12-25)17-27-21-5-3-13-28-22(21)14-30-19-9-7-18(8-10-19)20-4-1-2-6-23(20)31-15-24(28)29/h1-2,4,6,18-19,21-22,27H,3,5,7-15,17H2/t18?,19?,21-,22?/m0/s1. The third-order valence-electron chi connectivity index (χ3n) is 7.78. The number of carbonyl (C=O) groups is 1. The van der Waals surface area contributed by atoms with Crippen LogP contribution in [0.5, 0.6) is 5.75 Å². The third kappa shape index (κ3) is 4.44. The van der Waals surface area contributed by atoms with E-state index in [1.54, 1.807) is 0 Å². The highest BCUT2D eigenvalue weighted by Crippen LogP contribution is 2.44. The lowest BCUT2D eigenvalue weighted by Gasteiger charge is -2.42. The van der Waals surface area contributed by atoms with Crippen molar-refractivity contribution in [2.75, 3.05) is 26.3 Å². The summed E-state index contributed by atoms with van der Waals surface area (Å²) in [7, 11) is 0.